The van der Waals surface area contributed by atoms with E-state index in [1.165, 1.54) is 7.11 Å². The molecule has 3 N–H and O–H groups in total. The van der Waals surface area contributed by atoms with Gasteiger partial charge in [0.1, 0.15) is 0 Å². The number of phenolic OH excluding ortho intramolecular Hbond substituents is 1. The molecule has 15 heavy (non-hydrogen) atoms. The van der Waals surface area contributed by atoms with Crippen LogP contribution >= 0.6 is 11.6 Å². The Labute approximate surface area is 93.8 Å². The van der Waals surface area contributed by atoms with Gasteiger partial charge >= 0.3 is 0 Å². The van der Waals surface area contributed by atoms with Gasteiger partial charge in [0.15, 0.2) is 11.5 Å². The molecule has 0 saturated heterocycles. The van der Waals surface area contributed by atoms with Crippen molar-refractivity contribution < 1.29 is 9.84 Å². The van der Waals surface area contributed by atoms with Crippen LogP contribution in [0.15, 0.2) is 12.1 Å². The molecule has 1 fully saturated rings. The molecule has 0 unspecified atom stereocenters. The highest BCUT2D eigenvalue weighted by Crippen LogP contribution is 2.54. The molecular weight excluding hydrogens is 214 g/mol. The van der Waals surface area contributed by atoms with Gasteiger partial charge in [-0.15, -0.1) is 0 Å². The van der Waals surface area contributed by atoms with Crippen LogP contribution in [0.3, 0.4) is 0 Å². The zero-order chi connectivity index (χ0) is 11.1. The maximum atomic E-state index is 10.0. The smallest absolute Gasteiger partial charge is 0.163 e. The van der Waals surface area contributed by atoms with Gasteiger partial charge in [-0.25, -0.2) is 0 Å². The normalized spacial score (nSPS) is 17.5. The average Bonchev–Trinajstić information content (AvgIpc) is 2.99. The van der Waals surface area contributed by atoms with Gasteiger partial charge in [-0.3, -0.25) is 0 Å². The zero-order valence-electron chi connectivity index (χ0n) is 8.59. The molecule has 0 atom stereocenters. The molecule has 0 heterocycles. The second-order valence-electron chi connectivity index (χ2n) is 3.96. The largest absolute Gasteiger partial charge is 0.504 e. The number of hydrogen-bond donors (Lipinski definition) is 2. The van der Waals surface area contributed by atoms with Crippen LogP contribution in [-0.2, 0) is 5.41 Å². The van der Waals surface area contributed by atoms with Gasteiger partial charge in [0.25, 0.3) is 0 Å². The van der Waals surface area contributed by atoms with Crippen molar-refractivity contribution in [3.63, 3.8) is 0 Å². The van der Waals surface area contributed by atoms with Crippen LogP contribution < -0.4 is 10.5 Å². The van der Waals surface area contributed by atoms with Crippen molar-refractivity contribution in [2.24, 2.45) is 5.73 Å². The third-order valence-electron chi connectivity index (χ3n) is 3.08. The van der Waals surface area contributed by atoms with Crippen LogP contribution in [-0.4, -0.2) is 18.8 Å². The fraction of sp³-hybridized carbons (Fsp3) is 0.455. The number of halogens is 1. The van der Waals surface area contributed by atoms with Crippen molar-refractivity contribution in [2.45, 2.75) is 18.3 Å². The fourth-order valence-electron chi connectivity index (χ4n) is 1.92. The number of methoxy groups -OCH3 is 1. The molecular formula is C11H14ClNO2. The maximum Gasteiger partial charge on any atom is 0.163 e. The summed E-state index contributed by atoms with van der Waals surface area (Å²) in [5.41, 5.74) is 6.33. The van der Waals surface area contributed by atoms with E-state index in [4.69, 9.17) is 22.1 Å². The van der Waals surface area contributed by atoms with E-state index >= 15 is 0 Å². The number of nitrogens with two attached hydrogens (primary N) is 1. The van der Waals surface area contributed by atoms with E-state index in [9.17, 15) is 5.11 Å². The van der Waals surface area contributed by atoms with Crippen molar-refractivity contribution in [3.8, 4) is 11.5 Å². The second-order valence-corrected chi connectivity index (χ2v) is 4.36. The zero-order valence-corrected chi connectivity index (χ0v) is 9.34. The molecule has 0 aromatic heterocycles. The lowest BCUT2D eigenvalue weighted by Gasteiger charge is -2.18. The minimum atomic E-state index is -0.129. The molecule has 3 nitrogen and oxygen atoms in total. The first-order valence-corrected chi connectivity index (χ1v) is 5.28. The molecule has 1 aliphatic carbocycles. The van der Waals surface area contributed by atoms with E-state index in [2.05, 4.69) is 0 Å². The average molecular weight is 228 g/mol. The fourth-order valence-corrected chi connectivity index (χ4v) is 2.28. The number of hydrogen-bond acceptors (Lipinski definition) is 3. The van der Waals surface area contributed by atoms with E-state index in [1.807, 2.05) is 0 Å². The van der Waals surface area contributed by atoms with Gasteiger partial charge in [-0.2, -0.15) is 0 Å². The van der Waals surface area contributed by atoms with Crippen LogP contribution in [0.2, 0.25) is 5.02 Å². The number of aromatic hydroxyl groups is 1. The van der Waals surface area contributed by atoms with Crippen LogP contribution in [0.25, 0.3) is 0 Å². The molecule has 0 amide bonds. The predicted molar refractivity (Wildman–Crippen MR) is 59.6 cm³/mol. The predicted octanol–water partition coefficient (Wildman–Crippen LogP) is 2.04. The lowest BCUT2D eigenvalue weighted by atomic mass is 9.94. The summed E-state index contributed by atoms with van der Waals surface area (Å²) in [6.07, 6.45) is 1.95. The Balaban J connectivity index is 2.54. The van der Waals surface area contributed by atoms with Gasteiger partial charge in [-0.1, -0.05) is 11.6 Å². The van der Waals surface area contributed by atoms with Crippen molar-refractivity contribution in [1.82, 2.24) is 0 Å². The number of rotatable bonds is 3. The summed E-state index contributed by atoms with van der Waals surface area (Å²) in [7, 11) is 1.52. The molecule has 0 spiro atoms. The molecule has 0 radical (unpaired) electrons. The monoisotopic (exact) mass is 227 g/mol. The molecule has 1 aromatic rings. The third-order valence-corrected chi connectivity index (χ3v) is 3.40. The summed E-state index contributed by atoms with van der Waals surface area (Å²) in [6, 6.07) is 3.40. The van der Waals surface area contributed by atoms with Crippen LogP contribution in [0.5, 0.6) is 11.5 Å². The summed E-state index contributed by atoms with van der Waals surface area (Å²) >= 11 is 6.09. The second kappa shape index (κ2) is 3.58. The topological polar surface area (TPSA) is 55.5 Å². The van der Waals surface area contributed by atoms with Crippen LogP contribution in [0.1, 0.15) is 18.4 Å². The van der Waals surface area contributed by atoms with Crippen LogP contribution in [0.4, 0.5) is 0 Å². The third kappa shape index (κ3) is 1.56. The summed E-state index contributed by atoms with van der Waals surface area (Å²) < 4.78 is 5.06. The van der Waals surface area contributed by atoms with Crippen molar-refractivity contribution in [2.75, 3.05) is 13.7 Å². The van der Waals surface area contributed by atoms with E-state index in [-0.39, 0.29) is 11.2 Å². The van der Waals surface area contributed by atoms with Crippen molar-refractivity contribution in [3.05, 3.63) is 22.7 Å². The summed E-state index contributed by atoms with van der Waals surface area (Å²) in [4.78, 5) is 0. The quantitative estimate of drug-likeness (QED) is 0.831. The lowest BCUT2D eigenvalue weighted by Crippen LogP contribution is -2.20. The molecule has 0 aliphatic heterocycles. The molecule has 0 bridgehead atoms. The van der Waals surface area contributed by atoms with Crippen LogP contribution in [0, 0.1) is 0 Å². The summed E-state index contributed by atoms with van der Waals surface area (Å²) in [6.45, 7) is 0.507. The Kier molecular flexibility index (Phi) is 2.52. The number of ether oxygens (including phenoxy) is 1. The van der Waals surface area contributed by atoms with Gasteiger partial charge in [0.2, 0.25) is 0 Å². The molecule has 82 valence electrons. The van der Waals surface area contributed by atoms with Gasteiger partial charge in [0, 0.05) is 22.5 Å². The Morgan fingerprint density at radius 1 is 1.53 bits per heavy atom. The molecule has 1 aliphatic rings. The van der Waals surface area contributed by atoms with E-state index in [1.54, 1.807) is 12.1 Å². The minimum absolute atomic E-state index is 0.129. The van der Waals surface area contributed by atoms with Crippen molar-refractivity contribution in [1.29, 1.82) is 0 Å². The van der Waals surface area contributed by atoms with E-state index in [0.717, 1.165) is 18.4 Å². The Hall–Kier alpha value is -0.930. The Morgan fingerprint density at radius 3 is 2.67 bits per heavy atom. The number of phenols is 1. The van der Waals surface area contributed by atoms with Crippen molar-refractivity contribution >= 4 is 11.6 Å². The SMILES string of the molecule is COc1ccc(Cl)c(C2(CN)CC2)c1O. The first-order valence-electron chi connectivity index (χ1n) is 4.90. The highest BCUT2D eigenvalue weighted by atomic mass is 35.5. The molecule has 1 saturated carbocycles. The first-order chi connectivity index (χ1) is 7.14. The standard InChI is InChI=1S/C11H14ClNO2/c1-15-8-3-2-7(12)9(10(8)14)11(6-13)4-5-11/h2-3,14H,4-6,13H2,1H3. The summed E-state index contributed by atoms with van der Waals surface area (Å²) in [5.74, 6) is 0.585. The maximum absolute atomic E-state index is 10.0. The van der Waals surface area contributed by atoms with Gasteiger partial charge < -0.3 is 15.6 Å². The highest BCUT2D eigenvalue weighted by Gasteiger charge is 2.46. The Bertz CT molecular complexity index is 388. The van der Waals surface area contributed by atoms with E-state index in [0.29, 0.717) is 17.3 Å². The number of benzene rings is 1. The molecule has 2 rings (SSSR count). The molecule has 1 aromatic carbocycles. The summed E-state index contributed by atoms with van der Waals surface area (Å²) in [5, 5.41) is 10.6. The van der Waals surface area contributed by atoms with E-state index < -0.39 is 0 Å². The minimum Gasteiger partial charge on any atom is -0.504 e. The van der Waals surface area contributed by atoms with Gasteiger partial charge in [0.05, 0.1) is 7.11 Å². The van der Waals surface area contributed by atoms with Gasteiger partial charge in [-0.05, 0) is 25.0 Å². The Morgan fingerprint density at radius 2 is 2.20 bits per heavy atom. The molecule has 4 heteroatoms. The first kappa shape index (κ1) is 10.6. The lowest BCUT2D eigenvalue weighted by molar-refractivity contribution is 0.368. The highest BCUT2D eigenvalue weighted by molar-refractivity contribution is 6.31.